The molecule has 0 radical (unpaired) electrons. The van der Waals surface area contributed by atoms with Crippen LogP contribution < -0.4 is 15.4 Å². The summed E-state index contributed by atoms with van der Waals surface area (Å²) in [7, 11) is -3.63. The summed E-state index contributed by atoms with van der Waals surface area (Å²) in [6, 6.07) is 0. The van der Waals surface area contributed by atoms with Gasteiger partial charge in [0.15, 0.2) is 0 Å². The van der Waals surface area contributed by atoms with Crippen LogP contribution >= 0.6 is 0 Å². The molecule has 0 aliphatic carbocycles. The van der Waals surface area contributed by atoms with Gasteiger partial charge in [-0.2, -0.15) is 12.7 Å². The number of nitrogens with one attached hydrogen (secondary N) is 1. The predicted molar refractivity (Wildman–Crippen MR) is 92.2 cm³/mol. The summed E-state index contributed by atoms with van der Waals surface area (Å²) < 4.78 is 24.8. The Morgan fingerprint density at radius 3 is 2.64 bits per heavy atom. The zero-order chi connectivity index (χ0) is 17.7. The summed E-state index contributed by atoms with van der Waals surface area (Å²) in [6.07, 6.45) is 5.44. The van der Waals surface area contributed by atoms with E-state index in [4.69, 9.17) is 5.14 Å². The maximum atomic E-state index is 11.7. The van der Waals surface area contributed by atoms with Gasteiger partial charge >= 0.3 is 0 Å². The number of anilines is 2. The molecule has 1 spiro atoms. The van der Waals surface area contributed by atoms with Crippen LogP contribution in [0.3, 0.4) is 0 Å². The average Bonchev–Trinajstić information content (AvgIpc) is 2.95. The lowest BCUT2D eigenvalue weighted by Crippen LogP contribution is -2.52. The highest BCUT2D eigenvalue weighted by molar-refractivity contribution is 7.86. The van der Waals surface area contributed by atoms with E-state index in [0.717, 1.165) is 50.2 Å². The van der Waals surface area contributed by atoms with Crippen LogP contribution in [0, 0.1) is 5.41 Å². The second kappa shape index (κ2) is 5.89. The number of piperidine rings is 2. The molecule has 3 aliphatic heterocycles. The molecule has 25 heavy (non-hydrogen) atoms. The molecule has 1 aromatic rings. The second-order valence-electron chi connectivity index (χ2n) is 7.22. The average molecular weight is 366 g/mol. The summed E-state index contributed by atoms with van der Waals surface area (Å²) in [6.45, 7) is 2.59. The van der Waals surface area contributed by atoms with Crippen molar-refractivity contribution in [1.29, 1.82) is 0 Å². The van der Waals surface area contributed by atoms with Crippen molar-refractivity contribution in [2.75, 3.05) is 36.4 Å². The van der Waals surface area contributed by atoms with Gasteiger partial charge < -0.3 is 10.2 Å². The van der Waals surface area contributed by atoms with Crippen molar-refractivity contribution in [3.63, 3.8) is 0 Å². The molecule has 0 atom stereocenters. The summed E-state index contributed by atoms with van der Waals surface area (Å²) in [5.74, 6) is 1.37. The normalized spacial score (nSPS) is 23.6. The highest BCUT2D eigenvalue weighted by Gasteiger charge is 2.41. The molecule has 2 saturated heterocycles. The van der Waals surface area contributed by atoms with Gasteiger partial charge in [0.05, 0.1) is 6.42 Å². The van der Waals surface area contributed by atoms with E-state index < -0.39 is 10.2 Å². The molecule has 0 bridgehead atoms. The quantitative estimate of drug-likeness (QED) is 0.751. The first-order valence-corrected chi connectivity index (χ1v) is 10.0. The highest BCUT2D eigenvalue weighted by atomic mass is 32.2. The number of aromatic nitrogens is 2. The number of hydrogen-bond acceptors (Lipinski definition) is 6. The van der Waals surface area contributed by atoms with Crippen LogP contribution in [0.5, 0.6) is 0 Å². The molecule has 1 amide bonds. The molecule has 10 heteroatoms. The molecule has 4 heterocycles. The molecule has 2 fully saturated rings. The van der Waals surface area contributed by atoms with Gasteiger partial charge in [-0.25, -0.2) is 15.1 Å². The zero-order valence-corrected chi connectivity index (χ0v) is 14.8. The lowest BCUT2D eigenvalue weighted by molar-refractivity contribution is -0.115. The van der Waals surface area contributed by atoms with E-state index in [-0.39, 0.29) is 11.3 Å². The lowest BCUT2D eigenvalue weighted by Gasteiger charge is -2.47. The Balaban J connectivity index is 1.49. The molecule has 1 aromatic heterocycles. The van der Waals surface area contributed by atoms with E-state index in [1.54, 1.807) is 0 Å². The molecule has 3 N–H and O–H groups in total. The van der Waals surface area contributed by atoms with Crippen LogP contribution in [0.2, 0.25) is 0 Å². The minimum atomic E-state index is -3.63. The first-order chi connectivity index (χ1) is 11.9. The molecular weight excluding hydrogens is 344 g/mol. The van der Waals surface area contributed by atoms with Crippen LogP contribution in [0.25, 0.3) is 0 Å². The fourth-order valence-corrected chi connectivity index (χ4v) is 5.10. The predicted octanol–water partition coefficient (Wildman–Crippen LogP) is -0.143. The number of nitrogens with two attached hydrogens (primary N) is 1. The Labute approximate surface area is 146 Å². The van der Waals surface area contributed by atoms with Crippen LogP contribution in [0.1, 0.15) is 31.2 Å². The van der Waals surface area contributed by atoms with E-state index in [1.165, 1.54) is 10.6 Å². The molecule has 0 unspecified atom stereocenters. The molecule has 0 saturated carbocycles. The zero-order valence-electron chi connectivity index (χ0n) is 13.9. The summed E-state index contributed by atoms with van der Waals surface area (Å²) in [5.41, 5.74) is 0.851. The third-order valence-electron chi connectivity index (χ3n) is 5.63. The SMILES string of the molecule is NS(=O)(=O)N1CCCC2(CCN(c3ncnc4c3CC(=O)N4)CC2)C1. The number of hydrogen-bond donors (Lipinski definition) is 2. The monoisotopic (exact) mass is 366 g/mol. The summed E-state index contributed by atoms with van der Waals surface area (Å²) in [4.78, 5) is 22.3. The summed E-state index contributed by atoms with van der Waals surface area (Å²) in [5, 5.41) is 8.08. The Morgan fingerprint density at radius 1 is 1.16 bits per heavy atom. The number of amides is 1. The number of nitrogens with zero attached hydrogens (tertiary/aromatic N) is 4. The van der Waals surface area contributed by atoms with E-state index >= 15 is 0 Å². The number of fused-ring (bicyclic) bond motifs is 1. The van der Waals surface area contributed by atoms with E-state index in [0.29, 0.717) is 25.3 Å². The van der Waals surface area contributed by atoms with Crippen LogP contribution in [0.15, 0.2) is 6.33 Å². The van der Waals surface area contributed by atoms with Gasteiger partial charge in [0.1, 0.15) is 18.0 Å². The van der Waals surface area contributed by atoms with Crippen molar-refractivity contribution >= 4 is 27.8 Å². The third-order valence-corrected chi connectivity index (χ3v) is 6.66. The third kappa shape index (κ3) is 3.09. The van der Waals surface area contributed by atoms with Crippen molar-refractivity contribution in [2.45, 2.75) is 32.1 Å². The van der Waals surface area contributed by atoms with E-state index in [2.05, 4.69) is 20.2 Å². The van der Waals surface area contributed by atoms with E-state index in [1.807, 2.05) is 0 Å². The minimum absolute atomic E-state index is 0.00847. The Hall–Kier alpha value is -1.78. The Bertz CT molecular complexity index is 803. The van der Waals surface area contributed by atoms with Gasteiger partial charge in [-0.3, -0.25) is 4.79 Å². The van der Waals surface area contributed by atoms with Gasteiger partial charge in [0.25, 0.3) is 10.2 Å². The first kappa shape index (κ1) is 16.7. The largest absolute Gasteiger partial charge is 0.356 e. The highest BCUT2D eigenvalue weighted by Crippen LogP contribution is 2.42. The van der Waals surface area contributed by atoms with Crippen molar-refractivity contribution < 1.29 is 13.2 Å². The van der Waals surface area contributed by atoms with Gasteiger partial charge in [-0.05, 0) is 31.1 Å². The maximum Gasteiger partial charge on any atom is 0.276 e. The van der Waals surface area contributed by atoms with Gasteiger partial charge in [-0.1, -0.05) is 0 Å². The number of carbonyl (C=O) groups is 1. The van der Waals surface area contributed by atoms with E-state index in [9.17, 15) is 13.2 Å². The molecule has 136 valence electrons. The standard InChI is InChI=1S/C15H22N6O3S/c16-25(23,24)21-5-1-2-15(9-21)3-6-20(7-4-15)14-11-8-12(22)19-13(11)17-10-18-14/h10H,1-9H2,(H2,16,23,24)(H,17,18,19,22). The molecule has 3 aliphatic rings. The fourth-order valence-electron chi connectivity index (χ4n) is 4.26. The van der Waals surface area contributed by atoms with Crippen molar-refractivity contribution in [2.24, 2.45) is 10.6 Å². The van der Waals surface area contributed by atoms with Gasteiger partial charge in [-0.15, -0.1) is 0 Å². The minimum Gasteiger partial charge on any atom is -0.356 e. The van der Waals surface area contributed by atoms with Crippen molar-refractivity contribution in [3.05, 3.63) is 11.9 Å². The fraction of sp³-hybridized carbons (Fsp3) is 0.667. The maximum absolute atomic E-state index is 11.7. The molecule has 0 aromatic carbocycles. The number of carbonyl (C=O) groups excluding carboxylic acids is 1. The number of rotatable bonds is 2. The first-order valence-electron chi connectivity index (χ1n) is 8.53. The Morgan fingerprint density at radius 2 is 1.92 bits per heavy atom. The lowest BCUT2D eigenvalue weighted by atomic mass is 9.73. The second-order valence-corrected chi connectivity index (χ2v) is 8.76. The summed E-state index contributed by atoms with van der Waals surface area (Å²) >= 11 is 0. The Kier molecular flexibility index (Phi) is 3.93. The smallest absolute Gasteiger partial charge is 0.276 e. The molecule has 4 rings (SSSR count). The molecule has 9 nitrogen and oxygen atoms in total. The van der Waals surface area contributed by atoms with Crippen molar-refractivity contribution in [3.8, 4) is 0 Å². The van der Waals surface area contributed by atoms with Gasteiger partial charge in [0.2, 0.25) is 5.91 Å². The topological polar surface area (TPSA) is 122 Å². The van der Waals surface area contributed by atoms with Gasteiger partial charge in [0, 0.05) is 31.7 Å². The van der Waals surface area contributed by atoms with Crippen LogP contribution in [-0.4, -0.2) is 54.8 Å². The van der Waals surface area contributed by atoms with Crippen LogP contribution in [0.4, 0.5) is 11.6 Å². The van der Waals surface area contributed by atoms with Crippen molar-refractivity contribution in [1.82, 2.24) is 14.3 Å². The molecular formula is C15H22N6O3S. The van der Waals surface area contributed by atoms with Crippen LogP contribution in [-0.2, 0) is 21.4 Å².